The van der Waals surface area contributed by atoms with Gasteiger partial charge in [-0.1, -0.05) is 24.3 Å². The lowest BCUT2D eigenvalue weighted by Crippen LogP contribution is -2.52. The highest BCUT2D eigenvalue weighted by Gasteiger charge is 2.27. The van der Waals surface area contributed by atoms with Gasteiger partial charge in [-0.3, -0.25) is 14.9 Å². The standard InChI is InChI=1S/C22H29N5O2/c1-14-12-20(28)24-22(23-14)27-16(3)19(15(2)25-27)8-9-21(29)26-11-10-17-6-4-5-7-18(17)13-26/h4-7,14,22-23H,8-13H2,1-3H3,(H,24,28). The van der Waals surface area contributed by atoms with Gasteiger partial charge in [-0.25, -0.2) is 4.68 Å². The van der Waals surface area contributed by atoms with Gasteiger partial charge in [-0.15, -0.1) is 0 Å². The molecule has 2 unspecified atom stereocenters. The molecule has 0 aliphatic carbocycles. The molecule has 7 heteroatoms. The predicted molar refractivity (Wildman–Crippen MR) is 110 cm³/mol. The molecule has 29 heavy (non-hydrogen) atoms. The van der Waals surface area contributed by atoms with Crippen LogP contribution in [0.5, 0.6) is 0 Å². The number of aromatic nitrogens is 2. The van der Waals surface area contributed by atoms with Crippen molar-refractivity contribution >= 4 is 11.8 Å². The molecule has 3 heterocycles. The van der Waals surface area contributed by atoms with Crippen LogP contribution in [0.1, 0.15) is 54.1 Å². The molecule has 0 spiro atoms. The van der Waals surface area contributed by atoms with Gasteiger partial charge in [0.05, 0.1) is 5.69 Å². The maximum absolute atomic E-state index is 12.8. The second-order valence-corrected chi connectivity index (χ2v) is 8.17. The molecule has 154 valence electrons. The van der Waals surface area contributed by atoms with Gasteiger partial charge in [0.25, 0.3) is 0 Å². The first kappa shape index (κ1) is 19.6. The van der Waals surface area contributed by atoms with Crippen LogP contribution in [0.4, 0.5) is 0 Å². The Hall–Kier alpha value is -2.67. The molecular weight excluding hydrogens is 366 g/mol. The Kier molecular flexibility index (Phi) is 5.41. The fraction of sp³-hybridized carbons (Fsp3) is 0.500. The minimum absolute atomic E-state index is 0.0240. The average Bonchev–Trinajstić information content (AvgIpc) is 2.98. The molecule has 0 radical (unpaired) electrons. The van der Waals surface area contributed by atoms with Crippen molar-refractivity contribution in [2.75, 3.05) is 6.54 Å². The Bertz CT molecular complexity index is 935. The van der Waals surface area contributed by atoms with E-state index < -0.39 is 0 Å². The van der Waals surface area contributed by atoms with E-state index in [1.165, 1.54) is 11.1 Å². The molecule has 1 saturated heterocycles. The molecule has 2 amide bonds. The highest BCUT2D eigenvalue weighted by atomic mass is 16.2. The van der Waals surface area contributed by atoms with Crippen molar-refractivity contribution < 1.29 is 9.59 Å². The zero-order valence-electron chi connectivity index (χ0n) is 17.4. The summed E-state index contributed by atoms with van der Waals surface area (Å²) in [6.07, 6.45) is 2.17. The molecule has 1 aromatic heterocycles. The summed E-state index contributed by atoms with van der Waals surface area (Å²) in [7, 11) is 0. The van der Waals surface area contributed by atoms with E-state index in [2.05, 4.69) is 33.9 Å². The summed E-state index contributed by atoms with van der Waals surface area (Å²) in [5, 5.41) is 10.9. The number of benzene rings is 1. The van der Waals surface area contributed by atoms with Crippen molar-refractivity contribution in [3.8, 4) is 0 Å². The largest absolute Gasteiger partial charge is 0.338 e. The number of hydrogen-bond donors (Lipinski definition) is 2. The normalized spacial score (nSPS) is 21.6. The van der Waals surface area contributed by atoms with Gasteiger partial charge in [0.15, 0.2) is 6.29 Å². The number of amides is 2. The van der Waals surface area contributed by atoms with Crippen LogP contribution in [0.15, 0.2) is 24.3 Å². The number of rotatable bonds is 4. The number of aryl methyl sites for hydroxylation is 1. The first-order chi connectivity index (χ1) is 13.9. The van der Waals surface area contributed by atoms with Crippen LogP contribution in [-0.2, 0) is 29.0 Å². The van der Waals surface area contributed by atoms with Crippen LogP contribution in [-0.4, -0.2) is 39.1 Å². The van der Waals surface area contributed by atoms with Gasteiger partial charge < -0.3 is 10.2 Å². The van der Waals surface area contributed by atoms with Gasteiger partial charge in [0.1, 0.15) is 0 Å². The lowest BCUT2D eigenvalue weighted by Gasteiger charge is -2.30. The van der Waals surface area contributed by atoms with E-state index in [0.717, 1.165) is 29.9 Å². The molecule has 2 atom stereocenters. The number of nitrogens with zero attached hydrogens (tertiary/aromatic N) is 3. The number of carbonyl (C=O) groups is 2. The zero-order valence-corrected chi connectivity index (χ0v) is 17.4. The molecule has 1 fully saturated rings. The van der Waals surface area contributed by atoms with Gasteiger partial charge in [0, 0.05) is 37.7 Å². The van der Waals surface area contributed by atoms with Crippen LogP contribution in [0.2, 0.25) is 0 Å². The topological polar surface area (TPSA) is 79.3 Å². The van der Waals surface area contributed by atoms with E-state index in [9.17, 15) is 9.59 Å². The second-order valence-electron chi connectivity index (χ2n) is 8.17. The Morgan fingerprint density at radius 3 is 2.76 bits per heavy atom. The van der Waals surface area contributed by atoms with E-state index in [0.29, 0.717) is 25.8 Å². The first-order valence-corrected chi connectivity index (χ1v) is 10.4. The molecule has 2 aliphatic rings. The van der Waals surface area contributed by atoms with Crippen molar-refractivity contribution in [2.45, 2.75) is 65.3 Å². The van der Waals surface area contributed by atoms with E-state index in [-0.39, 0.29) is 24.1 Å². The third-order valence-electron chi connectivity index (χ3n) is 6.02. The van der Waals surface area contributed by atoms with E-state index >= 15 is 0 Å². The number of carbonyl (C=O) groups excluding carboxylic acids is 2. The third-order valence-corrected chi connectivity index (χ3v) is 6.02. The monoisotopic (exact) mass is 395 g/mol. The smallest absolute Gasteiger partial charge is 0.224 e. The Morgan fingerprint density at radius 2 is 2.00 bits per heavy atom. The quantitative estimate of drug-likeness (QED) is 0.830. The number of hydrogen-bond acceptors (Lipinski definition) is 4. The molecule has 7 nitrogen and oxygen atoms in total. The molecule has 4 rings (SSSR count). The maximum atomic E-state index is 12.8. The highest BCUT2D eigenvalue weighted by molar-refractivity contribution is 5.77. The summed E-state index contributed by atoms with van der Waals surface area (Å²) in [6, 6.07) is 8.46. The van der Waals surface area contributed by atoms with E-state index in [1.54, 1.807) is 0 Å². The molecule has 2 N–H and O–H groups in total. The molecule has 0 bridgehead atoms. The third kappa shape index (κ3) is 4.05. The number of fused-ring (bicyclic) bond motifs is 1. The van der Waals surface area contributed by atoms with Crippen molar-refractivity contribution in [3.63, 3.8) is 0 Å². The Labute approximate surface area is 171 Å². The van der Waals surface area contributed by atoms with Gasteiger partial charge in [-0.05, 0) is 50.3 Å². The van der Waals surface area contributed by atoms with Crippen molar-refractivity contribution in [1.82, 2.24) is 25.3 Å². The lowest BCUT2D eigenvalue weighted by atomic mass is 9.99. The minimum Gasteiger partial charge on any atom is -0.338 e. The zero-order chi connectivity index (χ0) is 20.5. The summed E-state index contributed by atoms with van der Waals surface area (Å²) in [5.74, 6) is 0.208. The van der Waals surface area contributed by atoms with Crippen molar-refractivity contribution in [3.05, 3.63) is 52.3 Å². The summed E-state index contributed by atoms with van der Waals surface area (Å²) in [5.41, 5.74) is 5.59. The van der Waals surface area contributed by atoms with Crippen LogP contribution in [0.25, 0.3) is 0 Å². The highest BCUT2D eigenvalue weighted by Crippen LogP contribution is 2.22. The average molecular weight is 396 g/mol. The van der Waals surface area contributed by atoms with Crippen LogP contribution >= 0.6 is 0 Å². The summed E-state index contributed by atoms with van der Waals surface area (Å²) in [4.78, 5) is 26.7. The second kappa shape index (κ2) is 7.99. The van der Waals surface area contributed by atoms with E-state index in [1.807, 2.05) is 36.4 Å². The van der Waals surface area contributed by atoms with E-state index in [4.69, 9.17) is 0 Å². The summed E-state index contributed by atoms with van der Waals surface area (Å²) < 4.78 is 1.83. The Balaban J connectivity index is 1.42. The number of nitrogens with one attached hydrogen (secondary N) is 2. The fourth-order valence-electron chi connectivity index (χ4n) is 4.40. The molecular formula is C22H29N5O2. The van der Waals surface area contributed by atoms with Gasteiger partial charge >= 0.3 is 0 Å². The predicted octanol–water partition coefficient (Wildman–Crippen LogP) is 1.97. The lowest BCUT2D eigenvalue weighted by molar-refractivity contribution is -0.132. The molecule has 2 aliphatic heterocycles. The summed E-state index contributed by atoms with van der Waals surface area (Å²) >= 11 is 0. The van der Waals surface area contributed by atoms with Crippen LogP contribution in [0.3, 0.4) is 0 Å². The molecule has 2 aromatic rings. The van der Waals surface area contributed by atoms with Crippen LogP contribution in [0, 0.1) is 13.8 Å². The maximum Gasteiger partial charge on any atom is 0.224 e. The molecule has 0 saturated carbocycles. The minimum atomic E-state index is -0.340. The van der Waals surface area contributed by atoms with Crippen molar-refractivity contribution in [1.29, 1.82) is 0 Å². The SMILES string of the molecule is Cc1nn(C2NC(=O)CC(C)N2)c(C)c1CCC(=O)N1CCc2ccccc2C1. The first-order valence-electron chi connectivity index (χ1n) is 10.4. The van der Waals surface area contributed by atoms with Crippen LogP contribution < -0.4 is 10.6 Å². The van der Waals surface area contributed by atoms with Gasteiger partial charge in [0.2, 0.25) is 11.8 Å². The summed E-state index contributed by atoms with van der Waals surface area (Å²) in [6.45, 7) is 7.44. The van der Waals surface area contributed by atoms with Gasteiger partial charge in [-0.2, -0.15) is 5.10 Å². The van der Waals surface area contributed by atoms with Crippen molar-refractivity contribution in [2.24, 2.45) is 0 Å². The molecule has 1 aromatic carbocycles. The Morgan fingerprint density at radius 1 is 1.24 bits per heavy atom. The fourth-order valence-corrected chi connectivity index (χ4v) is 4.40.